The number of aromatic nitrogens is 1. The number of allylic oxidation sites excluding steroid dienone is 1. The van der Waals surface area contributed by atoms with E-state index in [0.29, 0.717) is 47.7 Å². The molecule has 4 aromatic rings. The molecule has 2 aromatic carbocycles. The summed E-state index contributed by atoms with van der Waals surface area (Å²) in [6.07, 6.45) is 1.61. The van der Waals surface area contributed by atoms with Crippen molar-refractivity contribution >= 4 is 52.6 Å². The summed E-state index contributed by atoms with van der Waals surface area (Å²) in [4.78, 5) is 44.1. The topological polar surface area (TPSA) is 109 Å². The predicted octanol–water partition coefficient (Wildman–Crippen LogP) is 5.94. The number of halogens is 2. The highest BCUT2D eigenvalue weighted by molar-refractivity contribution is 7.07. The Balaban J connectivity index is 1.64. The molecule has 0 saturated heterocycles. The van der Waals surface area contributed by atoms with Crippen LogP contribution >= 0.6 is 34.5 Å². The van der Waals surface area contributed by atoms with Crippen LogP contribution in [0.2, 0.25) is 10.0 Å². The Morgan fingerprint density at radius 1 is 1.11 bits per heavy atom. The van der Waals surface area contributed by atoms with E-state index in [1.54, 1.807) is 61.5 Å². The first-order valence-corrected chi connectivity index (χ1v) is 15.1. The zero-order valence-corrected chi connectivity index (χ0v) is 26.8. The highest BCUT2D eigenvalue weighted by Crippen LogP contribution is 2.36. The maximum Gasteiger partial charge on any atom is 0.338 e. The van der Waals surface area contributed by atoms with E-state index in [-0.39, 0.29) is 35.2 Å². The lowest BCUT2D eigenvalue weighted by atomic mass is 9.95. The van der Waals surface area contributed by atoms with Gasteiger partial charge in [-0.15, -0.1) is 0 Å². The number of hydrogen-bond donors (Lipinski definition) is 0. The molecule has 3 heterocycles. The van der Waals surface area contributed by atoms with Crippen molar-refractivity contribution in [3.05, 3.63) is 101 Å². The van der Waals surface area contributed by atoms with Crippen molar-refractivity contribution in [2.75, 3.05) is 13.7 Å². The lowest BCUT2D eigenvalue weighted by Gasteiger charge is -2.25. The van der Waals surface area contributed by atoms with Gasteiger partial charge in [-0.05, 0) is 60.9 Å². The quantitative estimate of drug-likeness (QED) is 0.171. The highest BCUT2D eigenvalue weighted by Gasteiger charge is 2.34. The molecular weight excluding hydrogens is 627 g/mol. The molecule has 0 bridgehead atoms. The van der Waals surface area contributed by atoms with Crippen LogP contribution in [0.1, 0.15) is 45.1 Å². The summed E-state index contributed by atoms with van der Waals surface area (Å²) in [7, 11) is 1.44. The van der Waals surface area contributed by atoms with E-state index in [4.69, 9.17) is 41.8 Å². The molecule has 228 valence electrons. The van der Waals surface area contributed by atoms with Gasteiger partial charge in [-0.25, -0.2) is 9.79 Å². The molecule has 0 unspecified atom stereocenters. The molecule has 0 fully saturated rings. The summed E-state index contributed by atoms with van der Waals surface area (Å²) in [5.74, 6) is 0.356. The SMILES string of the molecule is COc1cc([C@@H]2C(C(=O)OCC(C)C)=C(C)N=c3s/c(=C/c4ccc(-c5cc(Cl)ccc5Cl)o4)c(=O)n32)ccc1OC(C)=O. The van der Waals surface area contributed by atoms with E-state index in [9.17, 15) is 14.4 Å². The van der Waals surface area contributed by atoms with E-state index in [0.717, 1.165) is 11.3 Å². The van der Waals surface area contributed by atoms with Gasteiger partial charge < -0.3 is 18.6 Å². The summed E-state index contributed by atoms with van der Waals surface area (Å²) in [5, 5.41) is 0.975. The van der Waals surface area contributed by atoms with Crippen LogP contribution in [0.4, 0.5) is 0 Å². The third-order valence-electron chi connectivity index (χ3n) is 6.64. The molecule has 12 heteroatoms. The molecule has 1 atom stereocenters. The summed E-state index contributed by atoms with van der Waals surface area (Å²) >= 11 is 13.7. The number of methoxy groups -OCH3 is 1. The van der Waals surface area contributed by atoms with Crippen LogP contribution in [0.3, 0.4) is 0 Å². The number of esters is 2. The standard InChI is InChI=1S/C32H28Cl2N2O7S/c1-16(2)15-41-31(39)28-17(3)35-32-36(29(28)19-6-10-25(42-18(4)37)26(12-19)40-5)30(38)27(44-32)14-21-8-11-24(43-21)22-13-20(33)7-9-23(22)34/h6-14,16,29H,15H2,1-5H3/b27-14+/t29-/m1/s1. The lowest BCUT2D eigenvalue weighted by molar-refractivity contribution is -0.140. The number of hydrogen-bond acceptors (Lipinski definition) is 9. The van der Waals surface area contributed by atoms with Gasteiger partial charge in [0, 0.05) is 23.6 Å². The molecule has 0 spiro atoms. The third-order valence-corrected chi connectivity index (χ3v) is 8.19. The molecule has 0 aliphatic carbocycles. The number of carbonyl (C=O) groups is 2. The Bertz CT molecular complexity index is 1990. The third kappa shape index (κ3) is 6.38. The van der Waals surface area contributed by atoms with Gasteiger partial charge in [0.2, 0.25) is 0 Å². The molecule has 0 saturated carbocycles. The molecule has 5 rings (SSSR count). The second-order valence-electron chi connectivity index (χ2n) is 10.4. The number of benzene rings is 2. The fraction of sp³-hybridized carbons (Fsp3) is 0.250. The summed E-state index contributed by atoms with van der Waals surface area (Å²) in [6, 6.07) is 12.5. The van der Waals surface area contributed by atoms with Crippen molar-refractivity contribution in [3.63, 3.8) is 0 Å². The van der Waals surface area contributed by atoms with Crippen LogP contribution in [0.5, 0.6) is 11.5 Å². The monoisotopic (exact) mass is 654 g/mol. The molecule has 1 aliphatic rings. The van der Waals surface area contributed by atoms with Crippen LogP contribution < -0.4 is 24.4 Å². The van der Waals surface area contributed by atoms with Gasteiger partial charge in [0.25, 0.3) is 5.56 Å². The number of ether oxygens (including phenoxy) is 3. The fourth-order valence-electron chi connectivity index (χ4n) is 4.70. The van der Waals surface area contributed by atoms with Crippen molar-refractivity contribution in [1.29, 1.82) is 0 Å². The Kier molecular flexibility index (Phi) is 9.15. The van der Waals surface area contributed by atoms with E-state index in [1.165, 1.54) is 18.6 Å². The van der Waals surface area contributed by atoms with Crippen molar-refractivity contribution in [1.82, 2.24) is 4.57 Å². The average Bonchev–Trinajstić information content (AvgIpc) is 3.56. The first-order chi connectivity index (χ1) is 21.0. The van der Waals surface area contributed by atoms with Crippen molar-refractivity contribution < 1.29 is 28.2 Å². The van der Waals surface area contributed by atoms with Crippen LogP contribution in [-0.2, 0) is 14.3 Å². The first kappa shape index (κ1) is 31.3. The van der Waals surface area contributed by atoms with Crippen molar-refractivity contribution in [2.45, 2.75) is 33.7 Å². The van der Waals surface area contributed by atoms with Gasteiger partial charge in [0.05, 0.1) is 40.6 Å². The average molecular weight is 656 g/mol. The van der Waals surface area contributed by atoms with E-state index in [2.05, 4.69) is 4.99 Å². The van der Waals surface area contributed by atoms with Crippen molar-refractivity contribution in [3.8, 4) is 22.8 Å². The van der Waals surface area contributed by atoms with E-state index < -0.39 is 18.0 Å². The van der Waals surface area contributed by atoms with E-state index in [1.807, 2.05) is 13.8 Å². The minimum atomic E-state index is -0.897. The number of carbonyl (C=O) groups excluding carboxylic acids is 2. The number of thiazole rings is 1. The van der Waals surface area contributed by atoms with Crippen LogP contribution in [-0.4, -0.2) is 30.2 Å². The maximum absolute atomic E-state index is 14.0. The van der Waals surface area contributed by atoms with Crippen LogP contribution in [0, 0.1) is 5.92 Å². The second kappa shape index (κ2) is 12.9. The Morgan fingerprint density at radius 2 is 1.89 bits per heavy atom. The zero-order valence-electron chi connectivity index (χ0n) is 24.5. The minimum absolute atomic E-state index is 0.0996. The zero-order chi connectivity index (χ0) is 31.7. The predicted molar refractivity (Wildman–Crippen MR) is 168 cm³/mol. The van der Waals surface area contributed by atoms with Gasteiger partial charge in [0.15, 0.2) is 16.3 Å². The Labute approximate surface area is 266 Å². The van der Waals surface area contributed by atoms with Gasteiger partial charge >= 0.3 is 11.9 Å². The van der Waals surface area contributed by atoms with E-state index >= 15 is 0 Å². The number of nitrogens with zero attached hydrogens (tertiary/aromatic N) is 2. The van der Waals surface area contributed by atoms with Crippen LogP contribution in [0.15, 0.2) is 74.0 Å². The second-order valence-corrected chi connectivity index (χ2v) is 12.3. The Morgan fingerprint density at radius 3 is 2.59 bits per heavy atom. The van der Waals surface area contributed by atoms with Gasteiger partial charge in [-0.1, -0.05) is 54.5 Å². The Hall–Kier alpha value is -4.12. The molecule has 44 heavy (non-hydrogen) atoms. The fourth-order valence-corrected chi connectivity index (χ4v) is 6.11. The lowest BCUT2D eigenvalue weighted by Crippen LogP contribution is -2.40. The molecular formula is C32H28Cl2N2O7S. The normalized spacial score (nSPS) is 14.8. The highest BCUT2D eigenvalue weighted by atomic mass is 35.5. The number of rotatable bonds is 8. The molecule has 0 amide bonds. The van der Waals surface area contributed by atoms with Gasteiger partial charge in [0.1, 0.15) is 11.5 Å². The van der Waals surface area contributed by atoms with Gasteiger partial charge in [-0.3, -0.25) is 14.2 Å². The summed E-state index contributed by atoms with van der Waals surface area (Å²) in [6.45, 7) is 7.04. The molecule has 9 nitrogen and oxygen atoms in total. The minimum Gasteiger partial charge on any atom is -0.493 e. The molecule has 0 N–H and O–H groups in total. The summed E-state index contributed by atoms with van der Waals surface area (Å²) < 4.78 is 24.1. The smallest absolute Gasteiger partial charge is 0.338 e. The molecule has 0 radical (unpaired) electrons. The first-order valence-electron chi connectivity index (χ1n) is 13.6. The number of fused-ring (bicyclic) bond motifs is 1. The van der Waals surface area contributed by atoms with Gasteiger partial charge in [-0.2, -0.15) is 0 Å². The summed E-state index contributed by atoms with van der Waals surface area (Å²) in [5.41, 5.74) is 1.39. The number of furan rings is 1. The largest absolute Gasteiger partial charge is 0.493 e. The van der Waals surface area contributed by atoms with Crippen molar-refractivity contribution in [2.24, 2.45) is 10.9 Å². The maximum atomic E-state index is 14.0. The molecule has 1 aliphatic heterocycles. The van der Waals surface area contributed by atoms with Crippen LogP contribution in [0.25, 0.3) is 17.4 Å². The molecule has 2 aromatic heterocycles.